The summed E-state index contributed by atoms with van der Waals surface area (Å²) < 4.78 is 5.23. The van der Waals surface area contributed by atoms with Crippen LogP contribution in [0, 0.1) is 20.8 Å². The van der Waals surface area contributed by atoms with Crippen LogP contribution >= 0.6 is 0 Å². The van der Waals surface area contributed by atoms with Crippen molar-refractivity contribution >= 4 is 23.2 Å². The maximum Gasteiger partial charge on any atom is 0.289 e. The van der Waals surface area contributed by atoms with E-state index < -0.39 is 0 Å². The van der Waals surface area contributed by atoms with Crippen molar-refractivity contribution in [1.82, 2.24) is 14.9 Å². The van der Waals surface area contributed by atoms with E-state index in [-0.39, 0.29) is 5.91 Å². The third-order valence-corrected chi connectivity index (χ3v) is 5.31. The van der Waals surface area contributed by atoms with Gasteiger partial charge in [-0.15, -0.1) is 0 Å². The van der Waals surface area contributed by atoms with Crippen LogP contribution in [0.3, 0.4) is 0 Å². The van der Waals surface area contributed by atoms with Gasteiger partial charge in [0.25, 0.3) is 5.91 Å². The molecule has 1 saturated heterocycles. The molecule has 2 aromatic heterocycles. The number of carbonyl (C=O) groups excluding carboxylic acids is 1. The lowest BCUT2D eigenvalue weighted by Gasteiger charge is -2.35. The van der Waals surface area contributed by atoms with E-state index in [1.54, 1.807) is 12.1 Å². The van der Waals surface area contributed by atoms with Gasteiger partial charge in [-0.1, -0.05) is 12.1 Å². The third kappa shape index (κ3) is 4.08. The zero-order valence-corrected chi connectivity index (χ0v) is 17.0. The first-order valence-electron chi connectivity index (χ1n) is 9.78. The predicted octanol–water partition coefficient (Wildman–Crippen LogP) is 3.70. The Bertz CT molecular complexity index is 1010. The molecule has 1 N–H and O–H groups in total. The van der Waals surface area contributed by atoms with Gasteiger partial charge in [0.1, 0.15) is 17.5 Å². The number of furan rings is 1. The number of amides is 1. The molecule has 0 spiro atoms. The lowest BCUT2D eigenvalue weighted by molar-refractivity contribution is 0.0714. The van der Waals surface area contributed by atoms with Crippen molar-refractivity contribution in [3.8, 4) is 0 Å². The second-order valence-corrected chi connectivity index (χ2v) is 7.29. The highest BCUT2D eigenvalue weighted by molar-refractivity contribution is 5.91. The van der Waals surface area contributed by atoms with E-state index in [2.05, 4.69) is 46.2 Å². The average Bonchev–Trinajstić information content (AvgIpc) is 3.25. The Morgan fingerprint density at radius 3 is 2.55 bits per heavy atom. The number of hydrogen-bond donors (Lipinski definition) is 1. The molecule has 1 aliphatic heterocycles. The zero-order chi connectivity index (χ0) is 20.4. The number of anilines is 3. The molecule has 3 aromatic rings. The Morgan fingerprint density at radius 1 is 1.03 bits per heavy atom. The highest BCUT2D eigenvalue weighted by Crippen LogP contribution is 2.24. The fraction of sp³-hybridized carbons (Fsp3) is 0.318. The summed E-state index contributed by atoms with van der Waals surface area (Å²) in [5.74, 6) is 2.68. The second kappa shape index (κ2) is 7.95. The smallest absolute Gasteiger partial charge is 0.289 e. The number of aromatic nitrogens is 2. The first-order valence-corrected chi connectivity index (χ1v) is 9.78. The normalized spacial score (nSPS) is 14.2. The van der Waals surface area contributed by atoms with Gasteiger partial charge in [-0.25, -0.2) is 9.97 Å². The largest absolute Gasteiger partial charge is 0.459 e. The number of benzene rings is 1. The summed E-state index contributed by atoms with van der Waals surface area (Å²) in [6, 6.07) is 11.6. The van der Waals surface area contributed by atoms with Crippen LogP contribution < -0.4 is 10.2 Å². The van der Waals surface area contributed by atoms with Gasteiger partial charge in [0.05, 0.1) is 6.26 Å². The van der Waals surface area contributed by atoms with Crippen molar-refractivity contribution < 1.29 is 9.21 Å². The Hall–Kier alpha value is -3.35. The predicted molar refractivity (Wildman–Crippen MR) is 113 cm³/mol. The Labute approximate surface area is 170 Å². The average molecular weight is 391 g/mol. The van der Waals surface area contributed by atoms with Gasteiger partial charge in [0.15, 0.2) is 5.76 Å². The van der Waals surface area contributed by atoms with Crippen molar-refractivity contribution in [1.29, 1.82) is 0 Å². The first-order chi connectivity index (χ1) is 14.0. The Morgan fingerprint density at radius 2 is 1.83 bits per heavy atom. The van der Waals surface area contributed by atoms with E-state index in [0.29, 0.717) is 37.8 Å². The Kier molecular flexibility index (Phi) is 5.20. The fourth-order valence-corrected chi connectivity index (χ4v) is 3.50. The van der Waals surface area contributed by atoms with Crippen LogP contribution in [-0.2, 0) is 0 Å². The summed E-state index contributed by atoms with van der Waals surface area (Å²) in [7, 11) is 0. The van der Waals surface area contributed by atoms with Gasteiger partial charge >= 0.3 is 0 Å². The monoisotopic (exact) mass is 391 g/mol. The molecule has 1 amide bonds. The standard InChI is InChI=1S/C22H25N5O2/c1-15-6-4-7-18(16(15)2)25-20-14-21(24-17(3)23-20)26-9-11-27(12-10-26)22(28)19-8-5-13-29-19/h4-8,13-14H,9-12H2,1-3H3,(H,23,24,25). The molecule has 1 aliphatic rings. The van der Waals surface area contributed by atoms with Crippen molar-refractivity contribution in [2.24, 2.45) is 0 Å². The highest BCUT2D eigenvalue weighted by atomic mass is 16.3. The molecule has 0 bridgehead atoms. The van der Waals surface area contributed by atoms with Crippen LogP contribution in [0.1, 0.15) is 27.5 Å². The Balaban J connectivity index is 1.47. The zero-order valence-electron chi connectivity index (χ0n) is 17.0. The molecule has 0 saturated carbocycles. The van der Waals surface area contributed by atoms with Crippen LogP contribution in [0.2, 0.25) is 0 Å². The number of nitrogens with zero attached hydrogens (tertiary/aromatic N) is 4. The van der Waals surface area contributed by atoms with Crippen LogP contribution in [-0.4, -0.2) is 47.0 Å². The molecule has 1 fully saturated rings. The van der Waals surface area contributed by atoms with Crippen molar-refractivity contribution in [2.45, 2.75) is 20.8 Å². The third-order valence-electron chi connectivity index (χ3n) is 5.31. The van der Waals surface area contributed by atoms with Gasteiger partial charge in [-0.3, -0.25) is 4.79 Å². The lowest BCUT2D eigenvalue weighted by atomic mass is 10.1. The van der Waals surface area contributed by atoms with E-state index in [9.17, 15) is 4.79 Å². The number of rotatable bonds is 4. The molecular weight excluding hydrogens is 366 g/mol. The fourth-order valence-electron chi connectivity index (χ4n) is 3.50. The van der Waals surface area contributed by atoms with Gasteiger partial charge in [-0.05, 0) is 50.1 Å². The number of nitrogens with one attached hydrogen (secondary N) is 1. The molecule has 29 heavy (non-hydrogen) atoms. The highest BCUT2D eigenvalue weighted by Gasteiger charge is 2.24. The maximum atomic E-state index is 12.5. The minimum Gasteiger partial charge on any atom is -0.459 e. The molecule has 7 nitrogen and oxygen atoms in total. The quantitative estimate of drug-likeness (QED) is 0.731. The van der Waals surface area contributed by atoms with Crippen LogP contribution in [0.4, 0.5) is 17.3 Å². The van der Waals surface area contributed by atoms with Gasteiger partial charge in [0, 0.05) is 37.9 Å². The minimum absolute atomic E-state index is 0.0641. The molecule has 4 rings (SSSR count). The summed E-state index contributed by atoms with van der Waals surface area (Å²) in [6.45, 7) is 8.78. The maximum absolute atomic E-state index is 12.5. The first kappa shape index (κ1) is 19.0. The molecule has 0 atom stereocenters. The van der Waals surface area contributed by atoms with E-state index >= 15 is 0 Å². The topological polar surface area (TPSA) is 74.5 Å². The van der Waals surface area contributed by atoms with E-state index in [4.69, 9.17) is 4.42 Å². The molecule has 0 aliphatic carbocycles. The molecule has 0 radical (unpaired) electrons. The summed E-state index contributed by atoms with van der Waals surface area (Å²) in [5, 5.41) is 3.42. The number of aryl methyl sites for hydroxylation is 2. The van der Waals surface area contributed by atoms with Crippen molar-refractivity contribution in [2.75, 3.05) is 36.4 Å². The van der Waals surface area contributed by atoms with Crippen molar-refractivity contribution in [3.63, 3.8) is 0 Å². The molecular formula is C22H25N5O2. The number of carbonyl (C=O) groups is 1. The molecule has 3 heterocycles. The summed E-state index contributed by atoms with van der Waals surface area (Å²) in [6.07, 6.45) is 1.53. The van der Waals surface area contributed by atoms with Crippen LogP contribution in [0.15, 0.2) is 47.1 Å². The molecule has 0 unspecified atom stereocenters. The van der Waals surface area contributed by atoms with Crippen molar-refractivity contribution in [3.05, 3.63) is 65.4 Å². The van der Waals surface area contributed by atoms with E-state index in [1.807, 2.05) is 24.0 Å². The van der Waals surface area contributed by atoms with Crippen LogP contribution in [0.5, 0.6) is 0 Å². The van der Waals surface area contributed by atoms with Crippen LogP contribution in [0.25, 0.3) is 0 Å². The second-order valence-electron chi connectivity index (χ2n) is 7.29. The van der Waals surface area contributed by atoms with Gasteiger partial charge in [0.2, 0.25) is 0 Å². The minimum atomic E-state index is -0.0641. The molecule has 150 valence electrons. The SMILES string of the molecule is Cc1nc(Nc2cccc(C)c2C)cc(N2CCN(C(=O)c3ccco3)CC2)n1. The van der Waals surface area contributed by atoms with Gasteiger partial charge in [-0.2, -0.15) is 0 Å². The number of hydrogen-bond acceptors (Lipinski definition) is 6. The molecule has 7 heteroatoms. The number of piperazine rings is 1. The summed E-state index contributed by atoms with van der Waals surface area (Å²) in [4.78, 5) is 25.6. The van der Waals surface area contributed by atoms with E-state index in [1.165, 1.54) is 17.4 Å². The summed E-state index contributed by atoms with van der Waals surface area (Å²) in [5.41, 5.74) is 3.48. The molecule has 1 aromatic carbocycles. The van der Waals surface area contributed by atoms with E-state index in [0.717, 1.165) is 17.3 Å². The summed E-state index contributed by atoms with van der Waals surface area (Å²) >= 11 is 0. The van der Waals surface area contributed by atoms with Gasteiger partial charge < -0.3 is 19.5 Å². The lowest BCUT2D eigenvalue weighted by Crippen LogP contribution is -2.49.